The molecule has 1 fully saturated rings. The standard InChI is InChI=1S/C12H13Cl2NO2/c1-7(15-11-4-5-17-12(11)16)9-6-8(13)2-3-10(9)14/h2-3,6-7,11,15H,4-5H2,1H3. The summed E-state index contributed by atoms with van der Waals surface area (Å²) in [5.74, 6) is -0.199. The Morgan fingerprint density at radius 1 is 1.47 bits per heavy atom. The normalized spacial score (nSPS) is 21.4. The molecule has 2 unspecified atom stereocenters. The summed E-state index contributed by atoms with van der Waals surface area (Å²) in [6.07, 6.45) is 0.696. The molecule has 3 nitrogen and oxygen atoms in total. The summed E-state index contributed by atoms with van der Waals surface area (Å²) in [6.45, 7) is 2.43. The Balaban J connectivity index is 2.11. The SMILES string of the molecule is CC(NC1CCOC1=O)c1cc(Cl)ccc1Cl. The first-order valence-electron chi connectivity index (χ1n) is 5.45. The van der Waals surface area contributed by atoms with Crippen LogP contribution in [0.5, 0.6) is 0 Å². The molecule has 92 valence electrons. The maximum Gasteiger partial charge on any atom is 0.323 e. The van der Waals surface area contributed by atoms with Crippen LogP contribution in [-0.2, 0) is 9.53 Å². The Labute approximate surface area is 110 Å². The smallest absolute Gasteiger partial charge is 0.323 e. The quantitative estimate of drug-likeness (QED) is 0.861. The first-order valence-corrected chi connectivity index (χ1v) is 6.21. The van der Waals surface area contributed by atoms with Crippen molar-refractivity contribution < 1.29 is 9.53 Å². The van der Waals surface area contributed by atoms with Gasteiger partial charge in [0.2, 0.25) is 0 Å². The minimum atomic E-state index is -0.250. The predicted molar refractivity (Wildman–Crippen MR) is 67.4 cm³/mol. The zero-order valence-electron chi connectivity index (χ0n) is 9.37. The van der Waals surface area contributed by atoms with E-state index in [1.54, 1.807) is 12.1 Å². The molecule has 0 spiro atoms. The zero-order chi connectivity index (χ0) is 12.4. The molecule has 0 amide bonds. The van der Waals surface area contributed by atoms with Gasteiger partial charge in [0.15, 0.2) is 0 Å². The number of hydrogen-bond donors (Lipinski definition) is 1. The average molecular weight is 274 g/mol. The summed E-state index contributed by atoms with van der Waals surface area (Å²) in [6, 6.07) is 5.01. The molecule has 0 saturated carbocycles. The number of hydrogen-bond acceptors (Lipinski definition) is 3. The maximum absolute atomic E-state index is 11.3. The number of carbonyl (C=O) groups is 1. The van der Waals surface area contributed by atoms with Crippen LogP contribution in [-0.4, -0.2) is 18.6 Å². The molecular weight excluding hydrogens is 261 g/mol. The molecule has 1 aromatic carbocycles. The van der Waals surface area contributed by atoms with Crippen molar-refractivity contribution in [1.29, 1.82) is 0 Å². The molecule has 0 aliphatic carbocycles. The number of cyclic esters (lactones) is 1. The van der Waals surface area contributed by atoms with Crippen LogP contribution >= 0.6 is 23.2 Å². The number of esters is 1. The molecule has 1 saturated heterocycles. The molecule has 2 atom stereocenters. The van der Waals surface area contributed by atoms with E-state index in [0.717, 1.165) is 5.56 Å². The second-order valence-corrected chi connectivity index (χ2v) is 4.91. The third-order valence-electron chi connectivity index (χ3n) is 2.81. The molecule has 2 rings (SSSR count). The highest BCUT2D eigenvalue weighted by molar-refractivity contribution is 6.33. The van der Waals surface area contributed by atoms with Crippen molar-refractivity contribution in [3.8, 4) is 0 Å². The minimum absolute atomic E-state index is 0.0446. The Morgan fingerprint density at radius 2 is 2.24 bits per heavy atom. The van der Waals surface area contributed by atoms with Crippen LogP contribution in [0.3, 0.4) is 0 Å². The lowest BCUT2D eigenvalue weighted by Gasteiger charge is -2.18. The van der Waals surface area contributed by atoms with Crippen LogP contribution in [0.25, 0.3) is 0 Å². The molecule has 1 heterocycles. The number of rotatable bonds is 3. The van der Waals surface area contributed by atoms with Gasteiger partial charge in [-0.3, -0.25) is 10.1 Å². The second kappa shape index (κ2) is 5.25. The Hall–Kier alpha value is -0.770. The van der Waals surface area contributed by atoms with Crippen molar-refractivity contribution in [3.05, 3.63) is 33.8 Å². The van der Waals surface area contributed by atoms with Gasteiger partial charge >= 0.3 is 5.97 Å². The summed E-state index contributed by atoms with van der Waals surface area (Å²) in [5, 5.41) is 4.47. The molecule has 0 bridgehead atoms. The van der Waals surface area contributed by atoms with E-state index in [2.05, 4.69) is 5.32 Å². The number of carbonyl (C=O) groups excluding carboxylic acids is 1. The van der Waals surface area contributed by atoms with Crippen LogP contribution in [0, 0.1) is 0 Å². The van der Waals surface area contributed by atoms with Gasteiger partial charge in [0.1, 0.15) is 6.04 Å². The van der Waals surface area contributed by atoms with E-state index < -0.39 is 0 Å². The molecule has 1 N–H and O–H groups in total. The minimum Gasteiger partial charge on any atom is -0.464 e. The number of nitrogens with one attached hydrogen (secondary N) is 1. The molecular formula is C12H13Cl2NO2. The molecule has 17 heavy (non-hydrogen) atoms. The fourth-order valence-electron chi connectivity index (χ4n) is 1.89. The topological polar surface area (TPSA) is 38.3 Å². The van der Waals surface area contributed by atoms with Crippen LogP contribution in [0.2, 0.25) is 10.0 Å². The van der Waals surface area contributed by atoms with Crippen molar-refractivity contribution in [2.45, 2.75) is 25.4 Å². The number of halogens is 2. The molecule has 1 aliphatic heterocycles. The van der Waals surface area contributed by atoms with E-state index in [1.807, 2.05) is 13.0 Å². The Morgan fingerprint density at radius 3 is 2.88 bits per heavy atom. The van der Waals surface area contributed by atoms with Gasteiger partial charge in [0.25, 0.3) is 0 Å². The monoisotopic (exact) mass is 273 g/mol. The molecule has 5 heteroatoms. The fourth-order valence-corrected chi connectivity index (χ4v) is 2.35. The molecule has 0 aromatic heterocycles. The molecule has 1 aliphatic rings. The van der Waals surface area contributed by atoms with Gasteiger partial charge in [0.05, 0.1) is 6.61 Å². The highest BCUT2D eigenvalue weighted by Gasteiger charge is 2.28. The van der Waals surface area contributed by atoms with E-state index in [0.29, 0.717) is 23.1 Å². The highest BCUT2D eigenvalue weighted by Crippen LogP contribution is 2.27. The second-order valence-electron chi connectivity index (χ2n) is 4.06. The maximum atomic E-state index is 11.3. The Kier molecular flexibility index (Phi) is 3.92. The molecule has 1 aromatic rings. The van der Waals surface area contributed by atoms with Gasteiger partial charge in [-0.2, -0.15) is 0 Å². The third kappa shape index (κ3) is 2.92. The van der Waals surface area contributed by atoms with Gasteiger partial charge in [-0.15, -0.1) is 0 Å². The summed E-state index contributed by atoms with van der Waals surface area (Å²) < 4.78 is 4.90. The van der Waals surface area contributed by atoms with Crippen molar-refractivity contribution in [1.82, 2.24) is 5.32 Å². The largest absolute Gasteiger partial charge is 0.464 e. The van der Waals surface area contributed by atoms with E-state index in [-0.39, 0.29) is 18.1 Å². The lowest BCUT2D eigenvalue weighted by Crippen LogP contribution is -2.35. The zero-order valence-corrected chi connectivity index (χ0v) is 10.9. The third-order valence-corrected chi connectivity index (χ3v) is 3.39. The highest BCUT2D eigenvalue weighted by atomic mass is 35.5. The van der Waals surface area contributed by atoms with Crippen molar-refractivity contribution in [2.24, 2.45) is 0 Å². The number of ether oxygens (including phenoxy) is 1. The Bertz CT molecular complexity index is 437. The lowest BCUT2D eigenvalue weighted by atomic mass is 10.1. The summed E-state index contributed by atoms with van der Waals surface area (Å²) in [5.41, 5.74) is 0.888. The summed E-state index contributed by atoms with van der Waals surface area (Å²) >= 11 is 12.0. The number of benzene rings is 1. The van der Waals surface area contributed by atoms with Crippen molar-refractivity contribution in [2.75, 3.05) is 6.61 Å². The van der Waals surface area contributed by atoms with Gasteiger partial charge < -0.3 is 4.74 Å². The van der Waals surface area contributed by atoms with Crippen LogP contribution in [0.1, 0.15) is 24.9 Å². The van der Waals surface area contributed by atoms with Crippen LogP contribution in [0.4, 0.5) is 0 Å². The van der Waals surface area contributed by atoms with Gasteiger partial charge in [-0.1, -0.05) is 23.2 Å². The van der Waals surface area contributed by atoms with Crippen molar-refractivity contribution in [3.63, 3.8) is 0 Å². The lowest BCUT2D eigenvalue weighted by molar-refractivity contribution is -0.139. The fraction of sp³-hybridized carbons (Fsp3) is 0.417. The van der Waals surface area contributed by atoms with Gasteiger partial charge in [-0.25, -0.2) is 0 Å². The first kappa shape index (κ1) is 12.7. The van der Waals surface area contributed by atoms with Crippen LogP contribution < -0.4 is 5.32 Å². The summed E-state index contributed by atoms with van der Waals surface area (Å²) in [7, 11) is 0. The van der Waals surface area contributed by atoms with Crippen molar-refractivity contribution >= 4 is 29.2 Å². The van der Waals surface area contributed by atoms with Gasteiger partial charge in [0, 0.05) is 22.5 Å². The van der Waals surface area contributed by atoms with E-state index in [4.69, 9.17) is 27.9 Å². The van der Waals surface area contributed by atoms with E-state index >= 15 is 0 Å². The predicted octanol–water partition coefficient (Wildman–Crippen LogP) is 2.96. The van der Waals surface area contributed by atoms with Crippen LogP contribution in [0.15, 0.2) is 18.2 Å². The van der Waals surface area contributed by atoms with E-state index in [1.165, 1.54) is 0 Å². The first-order chi connectivity index (χ1) is 8.08. The molecule has 0 radical (unpaired) electrons. The van der Waals surface area contributed by atoms with Gasteiger partial charge in [-0.05, 0) is 30.7 Å². The average Bonchev–Trinajstić information content (AvgIpc) is 2.68. The van der Waals surface area contributed by atoms with E-state index in [9.17, 15) is 4.79 Å². The summed E-state index contributed by atoms with van der Waals surface area (Å²) in [4.78, 5) is 11.3.